The third-order valence-corrected chi connectivity index (χ3v) is 6.90. The maximum atomic E-state index is 12.9. The van der Waals surface area contributed by atoms with Crippen molar-refractivity contribution in [1.29, 1.82) is 0 Å². The van der Waals surface area contributed by atoms with Crippen LogP contribution in [0.3, 0.4) is 0 Å². The number of hydrogen-bond acceptors (Lipinski definition) is 5. The lowest BCUT2D eigenvalue weighted by atomic mass is 9.98. The first-order chi connectivity index (χ1) is 14.5. The first-order valence-electron chi connectivity index (χ1n) is 10.6. The van der Waals surface area contributed by atoms with Crippen LogP contribution in [0, 0.1) is 0 Å². The van der Waals surface area contributed by atoms with E-state index in [1.54, 1.807) is 6.07 Å². The number of likely N-dealkylation sites (tertiary alicyclic amines) is 1. The summed E-state index contributed by atoms with van der Waals surface area (Å²) in [7, 11) is 0. The molecule has 1 aromatic heterocycles. The summed E-state index contributed by atoms with van der Waals surface area (Å²) in [6.45, 7) is 6.94. The number of hydrogen-bond donors (Lipinski definition) is 1. The van der Waals surface area contributed by atoms with E-state index in [0.717, 1.165) is 23.6 Å². The molecular formula is C23H28N4O2S. The van der Waals surface area contributed by atoms with Crippen molar-refractivity contribution in [3.63, 3.8) is 0 Å². The van der Waals surface area contributed by atoms with Crippen LogP contribution >= 0.6 is 11.8 Å². The maximum Gasteiger partial charge on any atom is 0.233 e. The average Bonchev–Trinajstić information content (AvgIpc) is 3.14. The number of rotatable bonds is 5. The van der Waals surface area contributed by atoms with Gasteiger partial charge in [-0.25, -0.2) is 0 Å². The highest BCUT2D eigenvalue weighted by molar-refractivity contribution is 7.99. The van der Waals surface area contributed by atoms with Crippen molar-refractivity contribution in [3.05, 3.63) is 36.4 Å². The first-order valence-corrected chi connectivity index (χ1v) is 11.6. The van der Waals surface area contributed by atoms with Gasteiger partial charge in [-0.2, -0.15) is 0 Å². The number of benzene rings is 2. The second kappa shape index (κ2) is 8.68. The number of carbonyl (C=O) groups is 1. The zero-order chi connectivity index (χ0) is 21.3. The molecule has 0 spiro atoms. The summed E-state index contributed by atoms with van der Waals surface area (Å²) >= 11 is 1.42. The minimum Gasteiger partial charge on any atom is -0.507 e. The van der Waals surface area contributed by atoms with Crippen molar-refractivity contribution in [3.8, 4) is 17.1 Å². The van der Waals surface area contributed by atoms with Crippen LogP contribution in [0.15, 0.2) is 41.6 Å². The average molecular weight is 425 g/mol. The number of aromatic hydroxyl groups is 1. The number of fused-ring (bicyclic) bond motifs is 1. The second-order valence-corrected chi connectivity index (χ2v) is 8.93. The van der Waals surface area contributed by atoms with E-state index in [1.807, 2.05) is 46.7 Å². The molecule has 0 saturated carbocycles. The molecule has 1 fully saturated rings. The molecule has 3 aromatic rings. The first kappa shape index (κ1) is 20.7. The topological polar surface area (TPSA) is 71.2 Å². The summed E-state index contributed by atoms with van der Waals surface area (Å²) in [6, 6.07) is 12.2. The Morgan fingerprint density at radius 2 is 1.80 bits per heavy atom. The Bertz CT molecular complexity index is 1050. The number of nitrogens with zero attached hydrogens (tertiary/aromatic N) is 4. The van der Waals surface area contributed by atoms with E-state index in [1.165, 1.54) is 18.2 Å². The predicted molar refractivity (Wildman–Crippen MR) is 121 cm³/mol. The Morgan fingerprint density at radius 1 is 1.13 bits per heavy atom. The monoisotopic (exact) mass is 424 g/mol. The van der Waals surface area contributed by atoms with Gasteiger partial charge in [0.15, 0.2) is 11.0 Å². The van der Waals surface area contributed by atoms with Gasteiger partial charge in [-0.3, -0.25) is 4.79 Å². The summed E-state index contributed by atoms with van der Waals surface area (Å²) in [5.74, 6) is 1.30. The quantitative estimate of drug-likeness (QED) is 0.601. The van der Waals surface area contributed by atoms with Crippen LogP contribution in [-0.4, -0.2) is 48.5 Å². The lowest BCUT2D eigenvalue weighted by Crippen LogP contribution is -2.48. The molecule has 1 N–H and O–H groups in total. The van der Waals surface area contributed by atoms with Crippen LogP contribution in [0.5, 0.6) is 5.75 Å². The van der Waals surface area contributed by atoms with Crippen molar-refractivity contribution in [2.24, 2.45) is 0 Å². The van der Waals surface area contributed by atoms with Crippen LogP contribution in [0.1, 0.15) is 40.0 Å². The van der Waals surface area contributed by atoms with E-state index in [9.17, 15) is 9.90 Å². The van der Waals surface area contributed by atoms with Gasteiger partial charge in [0.2, 0.25) is 5.91 Å². The molecule has 158 valence electrons. The molecule has 30 heavy (non-hydrogen) atoms. The number of phenolic OH excluding ortho intramolecular Hbond substituents is 1. The van der Waals surface area contributed by atoms with E-state index >= 15 is 0 Å². The Hall–Kier alpha value is -2.54. The molecule has 6 nitrogen and oxygen atoms in total. The van der Waals surface area contributed by atoms with Crippen molar-refractivity contribution < 1.29 is 9.90 Å². The van der Waals surface area contributed by atoms with Crippen molar-refractivity contribution in [2.75, 3.05) is 5.75 Å². The molecule has 0 bridgehead atoms. The number of piperidine rings is 1. The number of aromatic nitrogens is 3. The molecule has 1 aliphatic heterocycles. The summed E-state index contributed by atoms with van der Waals surface area (Å²) in [5.41, 5.74) is 0.652. The van der Waals surface area contributed by atoms with Gasteiger partial charge >= 0.3 is 0 Å². The molecule has 4 rings (SSSR count). The van der Waals surface area contributed by atoms with E-state index in [4.69, 9.17) is 0 Å². The molecule has 0 radical (unpaired) electrons. The fourth-order valence-corrected chi connectivity index (χ4v) is 5.27. The molecular weight excluding hydrogens is 396 g/mol. The molecule has 0 unspecified atom stereocenters. The maximum absolute atomic E-state index is 12.9. The minimum atomic E-state index is 0.153. The summed E-state index contributed by atoms with van der Waals surface area (Å²) < 4.78 is 1.96. The lowest BCUT2D eigenvalue weighted by Gasteiger charge is -2.39. The number of thioether (sulfide) groups is 1. The van der Waals surface area contributed by atoms with Crippen LogP contribution in [0.25, 0.3) is 22.2 Å². The van der Waals surface area contributed by atoms with Gasteiger partial charge in [-0.15, -0.1) is 10.2 Å². The van der Waals surface area contributed by atoms with Crippen LogP contribution in [0.2, 0.25) is 0 Å². The smallest absolute Gasteiger partial charge is 0.233 e. The minimum absolute atomic E-state index is 0.153. The van der Waals surface area contributed by atoms with Gasteiger partial charge in [0.1, 0.15) is 5.75 Å². The Kier molecular flexibility index (Phi) is 5.99. The normalized spacial score (nSPS) is 19.4. The van der Waals surface area contributed by atoms with Crippen LogP contribution in [-0.2, 0) is 11.3 Å². The SMILES string of the molecule is CCn1c(SCC(=O)N2[C@@H](C)CCC[C@@H]2C)nnc1-c1cc2ccccc2cc1O. The van der Waals surface area contributed by atoms with Crippen molar-refractivity contribution in [2.45, 2.75) is 63.8 Å². The second-order valence-electron chi connectivity index (χ2n) is 7.99. The molecule has 1 amide bonds. The molecule has 2 aromatic carbocycles. The number of phenols is 1. The zero-order valence-electron chi connectivity index (χ0n) is 17.7. The molecule has 1 aliphatic rings. The zero-order valence-corrected chi connectivity index (χ0v) is 18.5. The fraction of sp³-hybridized carbons (Fsp3) is 0.435. The molecule has 2 heterocycles. The van der Waals surface area contributed by atoms with Gasteiger partial charge in [0.05, 0.1) is 11.3 Å². The lowest BCUT2D eigenvalue weighted by molar-refractivity contribution is -0.134. The van der Waals surface area contributed by atoms with Gasteiger partial charge in [-0.1, -0.05) is 36.0 Å². The van der Waals surface area contributed by atoms with E-state index in [-0.39, 0.29) is 23.7 Å². The summed E-state index contributed by atoms with van der Waals surface area (Å²) in [5, 5.41) is 22.0. The van der Waals surface area contributed by atoms with Crippen LogP contribution < -0.4 is 0 Å². The third-order valence-electron chi connectivity index (χ3n) is 5.94. The summed E-state index contributed by atoms with van der Waals surface area (Å²) in [4.78, 5) is 14.9. The molecule has 7 heteroatoms. The van der Waals surface area contributed by atoms with E-state index < -0.39 is 0 Å². The standard InChI is InChI=1S/C23H28N4O2S/c1-4-26-22(19-12-17-10-5-6-11-18(17)13-20(19)28)24-25-23(26)30-14-21(29)27-15(2)8-7-9-16(27)3/h5-6,10-13,15-16,28H,4,7-9,14H2,1-3H3/t15-,16-/m0/s1. The third kappa shape index (κ3) is 3.90. The summed E-state index contributed by atoms with van der Waals surface area (Å²) in [6.07, 6.45) is 3.32. The van der Waals surface area contributed by atoms with Gasteiger partial charge < -0.3 is 14.6 Å². The molecule has 2 atom stereocenters. The van der Waals surface area contributed by atoms with Crippen LogP contribution in [0.4, 0.5) is 0 Å². The van der Waals surface area contributed by atoms with Gasteiger partial charge in [-0.05, 0) is 62.9 Å². The Morgan fingerprint density at radius 3 is 2.47 bits per heavy atom. The van der Waals surface area contributed by atoms with Gasteiger partial charge in [0.25, 0.3) is 0 Å². The highest BCUT2D eigenvalue weighted by Gasteiger charge is 2.29. The number of amides is 1. The largest absolute Gasteiger partial charge is 0.507 e. The van der Waals surface area contributed by atoms with E-state index in [2.05, 4.69) is 24.0 Å². The highest BCUT2D eigenvalue weighted by Crippen LogP contribution is 2.34. The van der Waals surface area contributed by atoms with Gasteiger partial charge in [0, 0.05) is 18.6 Å². The molecule has 1 saturated heterocycles. The van der Waals surface area contributed by atoms with E-state index in [0.29, 0.717) is 28.8 Å². The highest BCUT2D eigenvalue weighted by atomic mass is 32.2. The van der Waals surface area contributed by atoms with Crippen molar-refractivity contribution >= 4 is 28.4 Å². The Labute approximate surface area is 181 Å². The predicted octanol–water partition coefficient (Wildman–Crippen LogP) is 4.71. The number of carbonyl (C=O) groups excluding carboxylic acids is 1. The fourth-order valence-electron chi connectivity index (χ4n) is 4.40. The Balaban J connectivity index is 1.57. The van der Waals surface area contributed by atoms with Crippen molar-refractivity contribution in [1.82, 2.24) is 19.7 Å². The molecule has 0 aliphatic carbocycles.